The van der Waals surface area contributed by atoms with Crippen molar-refractivity contribution in [2.24, 2.45) is 5.73 Å². The highest BCUT2D eigenvalue weighted by atomic mass is 32.1. The smallest absolute Gasteiger partial charge is 0.129 e. The molecule has 0 saturated heterocycles. The third kappa shape index (κ3) is 6.32. The van der Waals surface area contributed by atoms with Gasteiger partial charge in [0, 0.05) is 13.1 Å². The zero-order chi connectivity index (χ0) is 15.0. The number of benzene rings is 1. The van der Waals surface area contributed by atoms with E-state index in [4.69, 9.17) is 22.7 Å². The lowest BCUT2D eigenvalue weighted by atomic mass is 10.2. The average molecular weight is 296 g/mol. The zero-order valence-electron chi connectivity index (χ0n) is 12.2. The average Bonchev–Trinajstić information content (AvgIpc) is 2.41. The van der Waals surface area contributed by atoms with Gasteiger partial charge in [-0.2, -0.15) is 0 Å². The molecule has 1 unspecified atom stereocenters. The Morgan fingerprint density at radius 3 is 2.75 bits per heavy atom. The summed E-state index contributed by atoms with van der Waals surface area (Å²) in [7, 11) is 2.05. The first-order chi connectivity index (χ1) is 9.50. The number of aliphatic hydroxyl groups excluding tert-OH is 1. The van der Waals surface area contributed by atoms with Crippen molar-refractivity contribution in [3.63, 3.8) is 0 Å². The molecule has 0 heterocycles. The molecule has 0 saturated carbocycles. The minimum absolute atomic E-state index is 0.244. The molecular weight excluding hydrogens is 272 g/mol. The lowest BCUT2D eigenvalue weighted by molar-refractivity contribution is 0.162. The Bertz CT molecular complexity index is 424. The molecule has 1 aromatic rings. The van der Waals surface area contributed by atoms with Crippen molar-refractivity contribution in [1.82, 2.24) is 4.90 Å². The number of thiocarbonyl (C=S) groups is 1. The molecule has 0 spiro atoms. The van der Waals surface area contributed by atoms with E-state index in [2.05, 4.69) is 4.90 Å². The Morgan fingerprint density at radius 2 is 2.10 bits per heavy atom. The standard InChI is InChI=1S/C15H24N2O2S/c1-12(18)8-10-17(2)9-5-11-19-14-7-4-3-6-13(14)15(16)20/h3-4,6-7,12,18H,5,8-11H2,1-2H3,(H2,16,20). The van der Waals surface area contributed by atoms with Gasteiger partial charge in [-0.1, -0.05) is 24.4 Å². The summed E-state index contributed by atoms with van der Waals surface area (Å²) in [6.45, 7) is 4.26. The predicted molar refractivity (Wildman–Crippen MR) is 86.2 cm³/mol. The normalized spacial score (nSPS) is 12.4. The van der Waals surface area contributed by atoms with Crippen LogP contribution in [0.1, 0.15) is 25.3 Å². The molecule has 0 aliphatic carbocycles. The maximum atomic E-state index is 9.23. The Morgan fingerprint density at radius 1 is 1.40 bits per heavy atom. The summed E-state index contributed by atoms with van der Waals surface area (Å²) >= 11 is 4.99. The van der Waals surface area contributed by atoms with Crippen molar-refractivity contribution in [3.05, 3.63) is 29.8 Å². The first-order valence-electron chi connectivity index (χ1n) is 6.89. The van der Waals surface area contributed by atoms with Crippen LogP contribution in [0.5, 0.6) is 5.75 Å². The lowest BCUT2D eigenvalue weighted by Gasteiger charge is -2.17. The second-order valence-electron chi connectivity index (χ2n) is 5.00. The van der Waals surface area contributed by atoms with E-state index >= 15 is 0 Å². The van der Waals surface area contributed by atoms with E-state index in [0.717, 1.165) is 37.2 Å². The van der Waals surface area contributed by atoms with Crippen LogP contribution in [-0.4, -0.2) is 47.8 Å². The molecule has 112 valence electrons. The van der Waals surface area contributed by atoms with E-state index in [-0.39, 0.29) is 6.10 Å². The van der Waals surface area contributed by atoms with Gasteiger partial charge in [0.25, 0.3) is 0 Å². The van der Waals surface area contributed by atoms with Crippen LogP contribution in [0.3, 0.4) is 0 Å². The molecule has 1 rings (SSSR count). The maximum Gasteiger partial charge on any atom is 0.129 e. The molecule has 4 nitrogen and oxygen atoms in total. The van der Waals surface area contributed by atoms with Gasteiger partial charge in [-0.15, -0.1) is 0 Å². The van der Waals surface area contributed by atoms with Crippen LogP contribution in [0.4, 0.5) is 0 Å². The second-order valence-corrected chi connectivity index (χ2v) is 5.44. The molecule has 3 N–H and O–H groups in total. The maximum absolute atomic E-state index is 9.23. The van der Waals surface area contributed by atoms with Crippen LogP contribution in [0.25, 0.3) is 0 Å². The number of aliphatic hydroxyl groups is 1. The van der Waals surface area contributed by atoms with Crippen molar-refractivity contribution in [3.8, 4) is 5.75 Å². The van der Waals surface area contributed by atoms with Gasteiger partial charge >= 0.3 is 0 Å². The molecule has 1 atom stereocenters. The number of nitrogens with two attached hydrogens (primary N) is 1. The van der Waals surface area contributed by atoms with Gasteiger partial charge in [-0.05, 0) is 38.9 Å². The third-order valence-corrected chi connectivity index (χ3v) is 3.24. The van der Waals surface area contributed by atoms with Gasteiger partial charge in [0.15, 0.2) is 0 Å². The minimum Gasteiger partial charge on any atom is -0.493 e. The van der Waals surface area contributed by atoms with Crippen LogP contribution < -0.4 is 10.5 Å². The lowest BCUT2D eigenvalue weighted by Crippen LogP contribution is -2.24. The van der Waals surface area contributed by atoms with Gasteiger partial charge in [0.2, 0.25) is 0 Å². The number of rotatable bonds is 9. The first-order valence-corrected chi connectivity index (χ1v) is 7.29. The Hall–Kier alpha value is -1.17. The van der Waals surface area contributed by atoms with Crippen LogP contribution >= 0.6 is 12.2 Å². The monoisotopic (exact) mass is 296 g/mol. The van der Waals surface area contributed by atoms with Crippen molar-refractivity contribution in [2.75, 3.05) is 26.7 Å². The molecule has 0 bridgehead atoms. The molecule has 0 radical (unpaired) electrons. The highest BCUT2D eigenvalue weighted by Crippen LogP contribution is 2.17. The summed E-state index contributed by atoms with van der Waals surface area (Å²) in [5, 5.41) is 9.23. The quantitative estimate of drug-likeness (QED) is 0.537. The Balaban J connectivity index is 2.29. The fourth-order valence-corrected chi connectivity index (χ4v) is 2.00. The SMILES string of the molecule is CC(O)CCN(C)CCCOc1ccccc1C(N)=S. The summed E-state index contributed by atoms with van der Waals surface area (Å²) in [5.41, 5.74) is 6.44. The van der Waals surface area contributed by atoms with E-state index in [0.29, 0.717) is 11.6 Å². The van der Waals surface area contributed by atoms with Gasteiger partial charge < -0.3 is 20.5 Å². The Kier molecular flexibility index (Phi) is 7.51. The molecule has 0 amide bonds. The topological polar surface area (TPSA) is 58.7 Å². The molecule has 0 aromatic heterocycles. The van der Waals surface area contributed by atoms with Crippen LogP contribution in [0.15, 0.2) is 24.3 Å². The zero-order valence-corrected chi connectivity index (χ0v) is 13.0. The third-order valence-electron chi connectivity index (χ3n) is 3.02. The molecule has 1 aromatic carbocycles. The van der Waals surface area contributed by atoms with Crippen LogP contribution in [0.2, 0.25) is 0 Å². The number of nitrogens with zero attached hydrogens (tertiary/aromatic N) is 1. The molecule has 0 aliphatic heterocycles. The fourth-order valence-electron chi connectivity index (χ4n) is 1.83. The van der Waals surface area contributed by atoms with Crippen molar-refractivity contribution in [2.45, 2.75) is 25.9 Å². The number of ether oxygens (including phenoxy) is 1. The summed E-state index contributed by atoms with van der Waals surface area (Å²) in [4.78, 5) is 2.55. The number of para-hydroxylation sites is 1. The molecule has 0 aliphatic rings. The molecule has 5 heteroatoms. The van der Waals surface area contributed by atoms with Crippen molar-refractivity contribution >= 4 is 17.2 Å². The van der Waals surface area contributed by atoms with Gasteiger partial charge in [-0.25, -0.2) is 0 Å². The first kappa shape index (κ1) is 16.9. The fraction of sp³-hybridized carbons (Fsp3) is 0.533. The summed E-state index contributed by atoms with van der Waals surface area (Å²) in [6.07, 6.45) is 1.47. The van der Waals surface area contributed by atoms with E-state index in [1.165, 1.54) is 0 Å². The highest BCUT2D eigenvalue weighted by Gasteiger charge is 2.06. The molecule has 0 fully saturated rings. The van der Waals surface area contributed by atoms with E-state index < -0.39 is 0 Å². The van der Waals surface area contributed by atoms with Gasteiger partial charge in [0.1, 0.15) is 10.7 Å². The number of hydrogen-bond acceptors (Lipinski definition) is 4. The summed E-state index contributed by atoms with van der Waals surface area (Å²) in [5.74, 6) is 0.742. The Labute approximate surface area is 126 Å². The molecular formula is C15H24N2O2S. The van der Waals surface area contributed by atoms with Gasteiger partial charge in [0.05, 0.1) is 18.3 Å². The number of hydrogen-bond donors (Lipinski definition) is 2. The van der Waals surface area contributed by atoms with Gasteiger partial charge in [-0.3, -0.25) is 0 Å². The van der Waals surface area contributed by atoms with Crippen molar-refractivity contribution in [1.29, 1.82) is 0 Å². The molecule has 20 heavy (non-hydrogen) atoms. The van der Waals surface area contributed by atoms with E-state index in [1.807, 2.05) is 38.2 Å². The largest absolute Gasteiger partial charge is 0.493 e. The minimum atomic E-state index is -0.244. The highest BCUT2D eigenvalue weighted by molar-refractivity contribution is 7.80. The van der Waals surface area contributed by atoms with E-state index in [1.54, 1.807) is 0 Å². The van der Waals surface area contributed by atoms with Crippen LogP contribution in [0, 0.1) is 0 Å². The van der Waals surface area contributed by atoms with Crippen LogP contribution in [-0.2, 0) is 0 Å². The summed E-state index contributed by atoms with van der Waals surface area (Å²) < 4.78 is 5.73. The second kappa shape index (κ2) is 8.89. The van der Waals surface area contributed by atoms with E-state index in [9.17, 15) is 5.11 Å². The summed E-state index contributed by atoms with van der Waals surface area (Å²) in [6, 6.07) is 7.55. The predicted octanol–water partition coefficient (Wildman–Crippen LogP) is 1.79. The van der Waals surface area contributed by atoms with Crippen molar-refractivity contribution < 1.29 is 9.84 Å².